The van der Waals surface area contributed by atoms with Crippen LogP contribution >= 0.6 is 0 Å². The molecule has 1 aromatic carbocycles. The van der Waals surface area contributed by atoms with Gasteiger partial charge in [0.1, 0.15) is 17.5 Å². The van der Waals surface area contributed by atoms with Crippen molar-refractivity contribution < 1.29 is 14.3 Å². The molecular weight excluding hydrogens is 532 g/mol. The number of rotatable bonds is 7. The van der Waals surface area contributed by atoms with E-state index in [1.165, 1.54) is 12.8 Å². The Kier molecular flexibility index (Phi) is 7.97. The highest BCUT2D eigenvalue weighted by Crippen LogP contribution is 2.42. The number of ether oxygens (including phenoxy) is 1. The second kappa shape index (κ2) is 11.7. The highest BCUT2D eigenvalue weighted by molar-refractivity contribution is 6.04. The topological polar surface area (TPSA) is 106 Å². The van der Waals surface area contributed by atoms with Crippen molar-refractivity contribution in [3.05, 3.63) is 23.9 Å². The quantitative estimate of drug-likeness (QED) is 0.514. The van der Waals surface area contributed by atoms with Crippen molar-refractivity contribution in [3.8, 4) is 5.75 Å². The third-order valence-corrected chi connectivity index (χ3v) is 9.25. The molecule has 0 spiro atoms. The van der Waals surface area contributed by atoms with Gasteiger partial charge in [-0.1, -0.05) is 19.8 Å². The number of carbonyl (C=O) groups excluding carboxylic acids is 2. The average molecular weight is 577 g/mol. The second-order valence-electron chi connectivity index (χ2n) is 12.3. The number of hydrogen-bond acceptors (Lipinski definition) is 9. The molecule has 0 unspecified atom stereocenters. The standard InChI is InChI=1S/C31H44N8O3/c1-6-24-30(41)36(4)26-15-32-31(35-29(26)39(24)22-9-7-8-10-22)34-23-13-21-11-12-38(25(21)14-27(23)42-5)28(40)18-37-16-19(2)33-20(3)17-37/h13-15,19-20,22,24,33H,6-12,16-18H2,1-5H3,(H,32,34,35)/t19-,20+,24-/m1/s1. The van der Waals surface area contributed by atoms with Crippen molar-refractivity contribution in [2.75, 3.05) is 60.4 Å². The third kappa shape index (κ3) is 5.28. The Labute approximate surface area is 248 Å². The van der Waals surface area contributed by atoms with Crippen LogP contribution in [0.3, 0.4) is 0 Å². The van der Waals surface area contributed by atoms with Crippen LogP contribution in [0.15, 0.2) is 18.3 Å². The molecule has 2 amide bonds. The molecule has 3 aliphatic heterocycles. The summed E-state index contributed by atoms with van der Waals surface area (Å²) in [7, 11) is 3.45. The number of benzene rings is 1. The van der Waals surface area contributed by atoms with E-state index in [0.29, 0.717) is 42.9 Å². The van der Waals surface area contributed by atoms with Crippen LogP contribution < -0.4 is 30.1 Å². The molecule has 3 atom stereocenters. The fourth-order valence-electron chi connectivity index (χ4n) is 7.35. The average Bonchev–Trinajstić information content (AvgIpc) is 3.64. The van der Waals surface area contributed by atoms with Crippen molar-refractivity contribution in [2.24, 2.45) is 0 Å². The van der Waals surface area contributed by atoms with Gasteiger partial charge in [-0.05, 0) is 51.2 Å². The lowest BCUT2D eigenvalue weighted by Crippen LogP contribution is -2.56. The molecule has 4 aliphatic rings. The fourth-order valence-corrected chi connectivity index (χ4v) is 7.35. The number of carbonyl (C=O) groups is 2. The predicted octanol–water partition coefficient (Wildman–Crippen LogP) is 3.30. The maximum Gasteiger partial charge on any atom is 0.249 e. The van der Waals surface area contributed by atoms with Crippen molar-refractivity contribution in [3.63, 3.8) is 0 Å². The molecule has 6 rings (SSSR count). The normalized spacial score (nSPS) is 24.6. The molecule has 1 saturated carbocycles. The number of piperazine rings is 1. The van der Waals surface area contributed by atoms with E-state index in [0.717, 1.165) is 67.2 Å². The predicted molar refractivity (Wildman–Crippen MR) is 165 cm³/mol. The summed E-state index contributed by atoms with van der Waals surface area (Å²) in [5.74, 6) is 2.11. The molecule has 2 N–H and O–H groups in total. The highest BCUT2D eigenvalue weighted by atomic mass is 16.5. The van der Waals surface area contributed by atoms with Crippen molar-refractivity contribution in [1.82, 2.24) is 20.2 Å². The molecule has 0 radical (unpaired) electrons. The van der Waals surface area contributed by atoms with Crippen molar-refractivity contribution in [1.29, 1.82) is 0 Å². The van der Waals surface area contributed by atoms with Gasteiger partial charge in [0.15, 0.2) is 5.82 Å². The lowest BCUT2D eigenvalue weighted by Gasteiger charge is -2.43. The first-order valence-corrected chi connectivity index (χ1v) is 15.5. The monoisotopic (exact) mass is 576 g/mol. The maximum absolute atomic E-state index is 13.4. The Morgan fingerprint density at radius 1 is 1.14 bits per heavy atom. The van der Waals surface area contributed by atoms with E-state index in [-0.39, 0.29) is 17.9 Å². The van der Waals surface area contributed by atoms with Crippen LogP contribution in [-0.2, 0) is 16.0 Å². The third-order valence-electron chi connectivity index (χ3n) is 9.25. The van der Waals surface area contributed by atoms with Gasteiger partial charge in [-0.25, -0.2) is 4.98 Å². The van der Waals surface area contributed by atoms with Crippen molar-refractivity contribution >= 4 is 40.6 Å². The highest BCUT2D eigenvalue weighted by Gasteiger charge is 2.41. The van der Waals surface area contributed by atoms with Gasteiger partial charge in [-0.15, -0.1) is 0 Å². The summed E-state index contributed by atoms with van der Waals surface area (Å²) in [5.41, 5.74) is 3.50. The van der Waals surface area contributed by atoms with Gasteiger partial charge in [-0.2, -0.15) is 4.98 Å². The molecule has 11 nitrogen and oxygen atoms in total. The van der Waals surface area contributed by atoms with E-state index in [9.17, 15) is 9.59 Å². The smallest absolute Gasteiger partial charge is 0.249 e. The minimum Gasteiger partial charge on any atom is -0.494 e. The summed E-state index contributed by atoms with van der Waals surface area (Å²) in [4.78, 5) is 44.3. The summed E-state index contributed by atoms with van der Waals surface area (Å²) in [6.45, 7) is 9.19. The summed E-state index contributed by atoms with van der Waals surface area (Å²) in [6, 6.07) is 4.82. The Morgan fingerprint density at radius 2 is 1.88 bits per heavy atom. The lowest BCUT2D eigenvalue weighted by molar-refractivity contribution is -0.120. The molecule has 4 heterocycles. The number of nitrogens with zero attached hydrogens (tertiary/aromatic N) is 6. The van der Waals surface area contributed by atoms with Gasteiger partial charge < -0.3 is 30.1 Å². The minimum atomic E-state index is -0.223. The number of likely N-dealkylation sites (N-methyl/N-ethyl adjacent to an activating group) is 1. The summed E-state index contributed by atoms with van der Waals surface area (Å²) in [5, 5.41) is 6.93. The van der Waals surface area contributed by atoms with Gasteiger partial charge in [0, 0.05) is 50.9 Å². The minimum absolute atomic E-state index is 0.0987. The van der Waals surface area contributed by atoms with Crippen LogP contribution in [0, 0.1) is 0 Å². The molecular formula is C31H44N8O3. The van der Waals surface area contributed by atoms with E-state index in [2.05, 4.69) is 52.3 Å². The van der Waals surface area contributed by atoms with Crippen molar-refractivity contribution in [2.45, 2.75) is 83.5 Å². The molecule has 0 bridgehead atoms. The molecule has 2 fully saturated rings. The zero-order valence-electron chi connectivity index (χ0n) is 25.5. The SMILES string of the molecule is CC[C@@H]1C(=O)N(C)c2cnc(Nc3cc4c(cc3OC)N(C(=O)CN3C[C@@H](C)N[C@@H](C)C3)CC4)nc2N1C1CCCC1. The van der Waals surface area contributed by atoms with Gasteiger partial charge in [0.2, 0.25) is 17.8 Å². The molecule has 42 heavy (non-hydrogen) atoms. The summed E-state index contributed by atoms with van der Waals surface area (Å²) in [6.07, 6.45) is 7.74. The number of fused-ring (bicyclic) bond motifs is 2. The van der Waals surface area contributed by atoms with Crippen LogP contribution in [0.2, 0.25) is 0 Å². The van der Waals surface area contributed by atoms with Crippen LogP contribution in [0.1, 0.15) is 58.4 Å². The largest absolute Gasteiger partial charge is 0.494 e. The van der Waals surface area contributed by atoms with Crippen LogP contribution in [0.25, 0.3) is 0 Å². The van der Waals surface area contributed by atoms with Gasteiger partial charge >= 0.3 is 0 Å². The van der Waals surface area contributed by atoms with Gasteiger partial charge in [-0.3, -0.25) is 14.5 Å². The summed E-state index contributed by atoms with van der Waals surface area (Å²) >= 11 is 0. The molecule has 1 aromatic heterocycles. The number of amides is 2. The van der Waals surface area contributed by atoms with E-state index in [1.807, 2.05) is 18.0 Å². The number of anilines is 5. The maximum atomic E-state index is 13.4. The van der Waals surface area contributed by atoms with Crippen LogP contribution in [-0.4, -0.2) is 91.2 Å². The number of aromatic nitrogens is 2. The molecule has 2 aromatic rings. The first-order chi connectivity index (χ1) is 20.3. The number of methoxy groups -OCH3 is 1. The fraction of sp³-hybridized carbons (Fsp3) is 0.613. The first kappa shape index (κ1) is 28.7. The second-order valence-corrected chi connectivity index (χ2v) is 12.3. The Morgan fingerprint density at radius 3 is 2.57 bits per heavy atom. The zero-order chi connectivity index (χ0) is 29.5. The summed E-state index contributed by atoms with van der Waals surface area (Å²) < 4.78 is 5.79. The van der Waals surface area contributed by atoms with E-state index >= 15 is 0 Å². The number of hydrogen-bond donors (Lipinski definition) is 2. The van der Waals surface area contributed by atoms with Crippen LogP contribution in [0.5, 0.6) is 5.75 Å². The lowest BCUT2D eigenvalue weighted by atomic mass is 10.0. The van der Waals surface area contributed by atoms with Gasteiger partial charge in [0.25, 0.3) is 0 Å². The van der Waals surface area contributed by atoms with E-state index in [1.54, 1.807) is 18.2 Å². The Hall–Kier alpha value is -3.44. The molecule has 1 saturated heterocycles. The first-order valence-electron chi connectivity index (χ1n) is 15.5. The molecule has 11 heteroatoms. The Balaban J connectivity index is 1.25. The van der Waals surface area contributed by atoms with E-state index < -0.39 is 0 Å². The zero-order valence-corrected chi connectivity index (χ0v) is 25.5. The van der Waals surface area contributed by atoms with E-state index in [4.69, 9.17) is 9.72 Å². The molecule has 1 aliphatic carbocycles. The van der Waals surface area contributed by atoms with Crippen LogP contribution in [0.4, 0.5) is 28.8 Å². The number of nitrogens with one attached hydrogen (secondary N) is 2. The Bertz CT molecular complexity index is 1340. The molecule has 226 valence electrons. The van der Waals surface area contributed by atoms with Gasteiger partial charge in [0.05, 0.1) is 31.2 Å².